The van der Waals surface area contributed by atoms with Crippen LogP contribution < -0.4 is 5.32 Å². The first kappa shape index (κ1) is 12.1. The molecule has 1 aromatic heterocycles. The summed E-state index contributed by atoms with van der Waals surface area (Å²) in [6, 6.07) is 4.21. The zero-order valence-corrected chi connectivity index (χ0v) is 11.0. The van der Waals surface area contributed by atoms with Crippen LogP contribution in [0.1, 0.15) is 36.8 Å². The summed E-state index contributed by atoms with van der Waals surface area (Å²) in [7, 11) is 0. The predicted molar refractivity (Wildman–Crippen MR) is 70.4 cm³/mol. The lowest BCUT2D eigenvalue weighted by Crippen LogP contribution is -2.19. The van der Waals surface area contributed by atoms with E-state index in [-0.39, 0.29) is 0 Å². The van der Waals surface area contributed by atoms with Crippen LogP contribution in [0, 0.1) is 13.8 Å². The van der Waals surface area contributed by atoms with Crippen LogP contribution >= 0.6 is 0 Å². The van der Waals surface area contributed by atoms with Crippen LogP contribution in [0.15, 0.2) is 16.5 Å². The number of benzene rings is 1. The average Bonchev–Trinajstić information content (AvgIpc) is 2.69. The highest BCUT2D eigenvalue weighted by atomic mass is 16.3. The lowest BCUT2D eigenvalue weighted by molar-refractivity contribution is 0.469. The monoisotopic (exact) mass is 232 g/mol. The van der Waals surface area contributed by atoms with Gasteiger partial charge in [-0.25, -0.2) is 4.98 Å². The standard InChI is InChI=1S/C14H20N2O/c1-5-15-8-11(4)14-16-12-7-9(2)6-10(3)13(12)17-14/h6-7,11,15H,5,8H2,1-4H3. The number of oxazole rings is 1. The third-order valence-corrected chi connectivity index (χ3v) is 2.96. The number of nitrogens with one attached hydrogen (secondary N) is 1. The number of hydrogen-bond acceptors (Lipinski definition) is 3. The minimum atomic E-state index is 0.307. The van der Waals surface area contributed by atoms with Gasteiger partial charge in [0.05, 0.1) is 0 Å². The van der Waals surface area contributed by atoms with E-state index in [0.717, 1.165) is 35.6 Å². The van der Waals surface area contributed by atoms with Crippen LogP contribution in [0.5, 0.6) is 0 Å². The van der Waals surface area contributed by atoms with Crippen LogP contribution in [-0.4, -0.2) is 18.1 Å². The van der Waals surface area contributed by atoms with E-state index < -0.39 is 0 Å². The summed E-state index contributed by atoms with van der Waals surface area (Å²) in [6.45, 7) is 10.3. The van der Waals surface area contributed by atoms with Crippen LogP contribution in [0.2, 0.25) is 0 Å². The van der Waals surface area contributed by atoms with Gasteiger partial charge in [0, 0.05) is 12.5 Å². The van der Waals surface area contributed by atoms with E-state index in [0.29, 0.717) is 5.92 Å². The smallest absolute Gasteiger partial charge is 0.199 e. The number of nitrogens with zero attached hydrogens (tertiary/aromatic N) is 1. The van der Waals surface area contributed by atoms with Crippen molar-refractivity contribution in [3.05, 3.63) is 29.2 Å². The van der Waals surface area contributed by atoms with Crippen molar-refractivity contribution in [3.63, 3.8) is 0 Å². The van der Waals surface area contributed by atoms with E-state index in [2.05, 4.69) is 50.1 Å². The number of aryl methyl sites for hydroxylation is 2. The maximum Gasteiger partial charge on any atom is 0.199 e. The Kier molecular flexibility index (Phi) is 3.48. The van der Waals surface area contributed by atoms with E-state index in [1.165, 1.54) is 5.56 Å². The molecular formula is C14H20N2O. The summed E-state index contributed by atoms with van der Waals surface area (Å²) in [5.74, 6) is 1.14. The molecule has 1 atom stereocenters. The second kappa shape index (κ2) is 4.88. The zero-order chi connectivity index (χ0) is 12.4. The second-order valence-corrected chi connectivity index (χ2v) is 4.69. The van der Waals surface area contributed by atoms with Gasteiger partial charge in [-0.3, -0.25) is 0 Å². The molecule has 0 aliphatic rings. The van der Waals surface area contributed by atoms with Gasteiger partial charge in [0.2, 0.25) is 0 Å². The first-order valence-corrected chi connectivity index (χ1v) is 6.20. The van der Waals surface area contributed by atoms with Crippen molar-refractivity contribution in [2.24, 2.45) is 0 Å². The molecule has 17 heavy (non-hydrogen) atoms. The molecule has 0 bridgehead atoms. The van der Waals surface area contributed by atoms with Gasteiger partial charge in [0.1, 0.15) is 5.52 Å². The lowest BCUT2D eigenvalue weighted by Gasteiger charge is -2.06. The molecular weight excluding hydrogens is 212 g/mol. The minimum Gasteiger partial charge on any atom is -0.440 e. The Morgan fingerprint density at radius 1 is 1.35 bits per heavy atom. The Labute approximate surface area is 102 Å². The Hall–Kier alpha value is -1.35. The average molecular weight is 232 g/mol. The molecule has 0 aliphatic heterocycles. The fourth-order valence-corrected chi connectivity index (χ4v) is 2.05. The molecule has 1 N–H and O–H groups in total. The summed E-state index contributed by atoms with van der Waals surface area (Å²) in [5.41, 5.74) is 4.29. The van der Waals surface area contributed by atoms with Gasteiger partial charge in [-0.2, -0.15) is 0 Å². The highest BCUT2D eigenvalue weighted by Crippen LogP contribution is 2.24. The zero-order valence-electron chi connectivity index (χ0n) is 11.0. The molecule has 0 saturated heterocycles. The molecule has 0 spiro atoms. The summed E-state index contributed by atoms with van der Waals surface area (Å²) >= 11 is 0. The van der Waals surface area contributed by atoms with Crippen LogP contribution in [-0.2, 0) is 0 Å². The lowest BCUT2D eigenvalue weighted by atomic mass is 10.1. The SMILES string of the molecule is CCNCC(C)c1nc2cc(C)cc(C)c2o1. The summed E-state index contributed by atoms with van der Waals surface area (Å²) in [5, 5.41) is 3.32. The first-order chi connectivity index (χ1) is 8.11. The van der Waals surface area contributed by atoms with E-state index in [1.54, 1.807) is 0 Å². The van der Waals surface area contributed by atoms with Crippen molar-refractivity contribution in [2.45, 2.75) is 33.6 Å². The Morgan fingerprint density at radius 2 is 2.12 bits per heavy atom. The molecule has 92 valence electrons. The van der Waals surface area contributed by atoms with E-state index in [1.807, 2.05) is 0 Å². The highest BCUT2D eigenvalue weighted by molar-refractivity contribution is 5.77. The molecule has 2 aromatic rings. The van der Waals surface area contributed by atoms with Gasteiger partial charge in [0.25, 0.3) is 0 Å². The quantitative estimate of drug-likeness (QED) is 0.880. The molecule has 1 heterocycles. The maximum atomic E-state index is 5.86. The van der Waals surface area contributed by atoms with E-state index in [9.17, 15) is 0 Å². The van der Waals surface area contributed by atoms with E-state index in [4.69, 9.17) is 4.42 Å². The molecule has 0 saturated carbocycles. The maximum absolute atomic E-state index is 5.86. The van der Waals surface area contributed by atoms with Crippen LogP contribution in [0.3, 0.4) is 0 Å². The normalized spacial score (nSPS) is 13.2. The van der Waals surface area contributed by atoms with Gasteiger partial charge >= 0.3 is 0 Å². The molecule has 1 aromatic carbocycles. The van der Waals surface area contributed by atoms with Gasteiger partial charge < -0.3 is 9.73 Å². The topological polar surface area (TPSA) is 38.1 Å². The molecule has 0 aliphatic carbocycles. The van der Waals surface area contributed by atoms with Crippen LogP contribution in [0.4, 0.5) is 0 Å². The Bertz CT molecular complexity index is 516. The largest absolute Gasteiger partial charge is 0.440 e. The van der Waals surface area contributed by atoms with Gasteiger partial charge in [0.15, 0.2) is 11.5 Å². The molecule has 3 heteroatoms. The van der Waals surface area contributed by atoms with Gasteiger partial charge in [-0.1, -0.05) is 19.9 Å². The molecule has 2 rings (SSSR count). The number of aromatic nitrogens is 1. The fourth-order valence-electron chi connectivity index (χ4n) is 2.05. The molecule has 0 amide bonds. The van der Waals surface area contributed by atoms with Crippen molar-refractivity contribution < 1.29 is 4.42 Å². The summed E-state index contributed by atoms with van der Waals surface area (Å²) in [4.78, 5) is 4.58. The molecule has 0 radical (unpaired) electrons. The van der Waals surface area contributed by atoms with Crippen molar-refractivity contribution in [3.8, 4) is 0 Å². The number of hydrogen-bond donors (Lipinski definition) is 1. The second-order valence-electron chi connectivity index (χ2n) is 4.69. The fraction of sp³-hybridized carbons (Fsp3) is 0.500. The summed E-state index contributed by atoms with van der Waals surface area (Å²) in [6.07, 6.45) is 0. The minimum absolute atomic E-state index is 0.307. The highest BCUT2D eigenvalue weighted by Gasteiger charge is 2.14. The van der Waals surface area contributed by atoms with Crippen LogP contribution in [0.25, 0.3) is 11.1 Å². The van der Waals surface area contributed by atoms with Crippen molar-refractivity contribution in [2.75, 3.05) is 13.1 Å². The van der Waals surface area contributed by atoms with Gasteiger partial charge in [-0.05, 0) is 37.6 Å². The van der Waals surface area contributed by atoms with Crippen molar-refractivity contribution in [1.29, 1.82) is 0 Å². The third kappa shape index (κ3) is 2.50. The Balaban J connectivity index is 2.34. The van der Waals surface area contributed by atoms with Crippen molar-refractivity contribution in [1.82, 2.24) is 10.3 Å². The van der Waals surface area contributed by atoms with Crippen molar-refractivity contribution >= 4 is 11.1 Å². The number of fused-ring (bicyclic) bond motifs is 1. The molecule has 1 unspecified atom stereocenters. The summed E-state index contributed by atoms with van der Waals surface area (Å²) < 4.78 is 5.86. The molecule has 0 fully saturated rings. The third-order valence-electron chi connectivity index (χ3n) is 2.96. The van der Waals surface area contributed by atoms with E-state index >= 15 is 0 Å². The number of rotatable bonds is 4. The first-order valence-electron chi connectivity index (χ1n) is 6.20. The molecule has 3 nitrogen and oxygen atoms in total. The number of likely N-dealkylation sites (N-methyl/N-ethyl adjacent to an activating group) is 1. The Morgan fingerprint density at radius 3 is 2.82 bits per heavy atom. The predicted octanol–water partition coefficient (Wildman–Crippen LogP) is 3.16. The van der Waals surface area contributed by atoms with Gasteiger partial charge in [-0.15, -0.1) is 0 Å².